The second-order valence-electron chi connectivity index (χ2n) is 20.1. The molecule has 4 atom stereocenters. The fraction of sp³-hybridized carbons (Fsp3) is 0.351. The summed E-state index contributed by atoms with van der Waals surface area (Å²) in [5, 5.41) is 68.5. The molecule has 4 aromatic rings. The van der Waals surface area contributed by atoms with Crippen LogP contribution in [0.5, 0.6) is 23.0 Å². The number of hydrogen-bond acceptors (Lipinski definition) is 18. The molecular weight excluding hydrogens is 1200 g/mol. The summed E-state index contributed by atoms with van der Waals surface area (Å²) in [6.45, 7) is -0.316. The molecule has 35 nitrogen and oxygen atoms in total. The van der Waals surface area contributed by atoms with Gasteiger partial charge in [0.05, 0.1) is 49.6 Å². The number of carbonyl (C=O) groups excluding carboxylic acids is 8. The maximum absolute atomic E-state index is 14.4. The molecule has 8 amide bonds. The lowest BCUT2D eigenvalue weighted by molar-refractivity contribution is -0.139. The summed E-state index contributed by atoms with van der Waals surface area (Å²) >= 11 is 0. The highest BCUT2D eigenvalue weighted by Gasteiger charge is 2.29. The molecule has 0 aliphatic carbocycles. The third-order valence-electron chi connectivity index (χ3n) is 13.2. The Bertz CT molecular complexity index is 3370. The number of nitrogens with two attached hydrogens (primary N) is 6. The monoisotopic (exact) mass is 1280 g/mol. The Morgan fingerprint density at radius 1 is 0.424 bits per heavy atom. The van der Waals surface area contributed by atoms with Crippen LogP contribution in [0.3, 0.4) is 0 Å². The molecule has 0 heterocycles. The van der Waals surface area contributed by atoms with Gasteiger partial charge >= 0.3 is 5.97 Å². The Morgan fingerprint density at radius 3 is 1.01 bits per heavy atom. The summed E-state index contributed by atoms with van der Waals surface area (Å²) in [5.74, 6) is -9.36. The largest absolute Gasteiger partial charge is 0.496 e. The summed E-state index contributed by atoms with van der Waals surface area (Å²) < 4.78 is 21.6. The number of carboxylic acid groups (broad SMARTS) is 1. The van der Waals surface area contributed by atoms with Crippen molar-refractivity contribution in [3.8, 4) is 23.0 Å². The van der Waals surface area contributed by atoms with Gasteiger partial charge in [0.25, 0.3) is 23.6 Å². The van der Waals surface area contributed by atoms with E-state index >= 15 is 0 Å². The summed E-state index contributed by atoms with van der Waals surface area (Å²) in [6.07, 6.45) is 0.930. The highest BCUT2D eigenvalue weighted by atomic mass is 16.5. The minimum Gasteiger partial charge on any atom is -0.496 e. The van der Waals surface area contributed by atoms with Gasteiger partial charge in [0, 0.05) is 48.9 Å². The third kappa shape index (κ3) is 24.1. The van der Waals surface area contributed by atoms with E-state index in [9.17, 15) is 48.3 Å². The van der Waals surface area contributed by atoms with E-state index < -0.39 is 84.0 Å². The lowest BCUT2D eigenvalue weighted by Gasteiger charge is -2.22. The molecular formula is C57H79N21O14. The average molecular weight is 1280 g/mol. The molecule has 496 valence electrons. The number of benzene rings is 4. The zero-order valence-electron chi connectivity index (χ0n) is 50.6. The second-order valence-corrected chi connectivity index (χ2v) is 20.1. The number of rotatable bonds is 37. The van der Waals surface area contributed by atoms with Crippen LogP contribution in [0.1, 0.15) is 92.8 Å². The van der Waals surface area contributed by atoms with E-state index in [1.165, 1.54) is 88.1 Å². The van der Waals surface area contributed by atoms with Gasteiger partial charge < -0.3 is 117 Å². The first-order valence-corrected chi connectivity index (χ1v) is 28.3. The van der Waals surface area contributed by atoms with E-state index in [1.807, 2.05) is 0 Å². The number of anilines is 4. The van der Waals surface area contributed by atoms with Crippen LogP contribution in [0.15, 0.2) is 72.8 Å². The lowest BCUT2D eigenvalue weighted by Crippen LogP contribution is -2.45. The molecule has 4 rings (SSSR count). The average Bonchev–Trinajstić information content (AvgIpc) is 1.01. The summed E-state index contributed by atoms with van der Waals surface area (Å²) in [4.78, 5) is 122. The van der Waals surface area contributed by atoms with Crippen molar-refractivity contribution in [2.45, 2.75) is 75.5 Å². The number of nitrogens with one attached hydrogen (secondary N) is 15. The van der Waals surface area contributed by atoms with Crippen LogP contribution < -0.4 is 112 Å². The molecule has 0 aliphatic rings. The molecule has 1 unspecified atom stereocenters. The van der Waals surface area contributed by atoms with E-state index in [0.29, 0.717) is 13.0 Å². The van der Waals surface area contributed by atoms with Crippen LogP contribution >= 0.6 is 0 Å². The number of methoxy groups -OCH3 is 3. The highest BCUT2D eigenvalue weighted by Crippen LogP contribution is 2.28. The molecule has 35 heteroatoms. The Hall–Kier alpha value is -11.7. The fourth-order valence-corrected chi connectivity index (χ4v) is 8.66. The molecule has 4 aromatic carbocycles. The van der Waals surface area contributed by atoms with Crippen LogP contribution in [-0.4, -0.2) is 160 Å². The normalized spacial score (nSPS) is 11.8. The van der Waals surface area contributed by atoms with Gasteiger partial charge in [-0.05, 0) is 124 Å². The van der Waals surface area contributed by atoms with Crippen LogP contribution in [0.2, 0.25) is 0 Å². The van der Waals surface area contributed by atoms with Crippen molar-refractivity contribution in [1.82, 2.24) is 37.2 Å². The number of carbonyl (C=O) groups is 9. The molecule has 0 saturated heterocycles. The summed E-state index contributed by atoms with van der Waals surface area (Å²) in [7, 11) is 3.89. The fourth-order valence-electron chi connectivity index (χ4n) is 8.66. The van der Waals surface area contributed by atoms with Crippen molar-refractivity contribution in [3.63, 3.8) is 0 Å². The van der Waals surface area contributed by atoms with Crippen LogP contribution in [0.25, 0.3) is 0 Å². The maximum atomic E-state index is 14.4. The first-order valence-electron chi connectivity index (χ1n) is 28.3. The number of amides is 8. The van der Waals surface area contributed by atoms with Crippen LogP contribution in [0, 0.1) is 21.6 Å². The van der Waals surface area contributed by atoms with Gasteiger partial charge in [-0.25, -0.2) is 4.79 Å². The first-order chi connectivity index (χ1) is 43.7. The van der Waals surface area contributed by atoms with Crippen molar-refractivity contribution in [2.24, 2.45) is 34.4 Å². The molecule has 0 saturated carbocycles. The van der Waals surface area contributed by atoms with Gasteiger partial charge in [-0.3, -0.25) is 60.0 Å². The Kier molecular flexibility index (Phi) is 29.0. The molecule has 0 bridgehead atoms. The first kappa shape index (κ1) is 72.8. The molecule has 0 aliphatic heterocycles. The van der Waals surface area contributed by atoms with E-state index in [0.717, 1.165) is 6.07 Å². The number of guanidine groups is 4. The van der Waals surface area contributed by atoms with E-state index in [1.54, 1.807) is 0 Å². The Balaban J connectivity index is 1.63. The third-order valence-corrected chi connectivity index (χ3v) is 13.2. The van der Waals surface area contributed by atoms with Gasteiger partial charge in [0.1, 0.15) is 41.1 Å². The standard InChI is InChI=1S/C57H79N21O14/c1-89-41-16-12-29(24-33(41)46(59)81)73-51(86)40(11-7-23-71-57(66)67)78-49(84)36-27-32(15-19-44(36)92-28-45(79)80)75-53(88)39(10-6-22-70-56(64)65)77-48(83)35-26-31(14-18-43(35)91-3)74-52(87)38(9-5-21-69-55(62)63)76-47(82)34-25-30(13-17-42(34)90-2)72-50(85)37(58)8-4-20-68-54(60)61/h12-19,24-27,37-40H,4-11,20-23,28,58H2,1-3H3,(H2,59,81)(H,72,85)(H,73,86)(H,74,87)(H,75,88)(H,76,82)(H,77,83)(H,78,84)(H,79,80)(H4,60,61,68)(H4,62,63,69)(H4,64,65,70)(H4,66,67,71)/t37?,38-,39-,40-/m0/s1. The van der Waals surface area contributed by atoms with Gasteiger partial charge in [0.2, 0.25) is 23.6 Å². The smallest absolute Gasteiger partial charge is 0.341 e. The van der Waals surface area contributed by atoms with Crippen molar-refractivity contribution in [3.05, 3.63) is 95.1 Å². The summed E-state index contributed by atoms with van der Waals surface area (Å²) in [5.41, 5.74) is 32.8. The number of aliphatic carboxylic acids is 1. The number of ether oxygens (including phenoxy) is 4. The van der Waals surface area contributed by atoms with Crippen LogP contribution in [-0.2, 0) is 24.0 Å². The lowest BCUT2D eigenvalue weighted by atomic mass is 10.1. The number of carboxylic acids is 1. The van der Waals surface area contributed by atoms with Crippen molar-refractivity contribution >= 4 is 99.8 Å². The van der Waals surface area contributed by atoms with Crippen molar-refractivity contribution < 1.29 is 67.2 Å². The number of hydrogen-bond donors (Lipinski definition) is 22. The Morgan fingerprint density at radius 2 is 0.707 bits per heavy atom. The Labute approximate surface area is 527 Å². The van der Waals surface area contributed by atoms with Crippen molar-refractivity contribution in [2.75, 3.05) is 75.4 Å². The highest BCUT2D eigenvalue weighted by molar-refractivity contribution is 6.08. The molecule has 0 radical (unpaired) electrons. The minimum absolute atomic E-state index is 0.0165. The topological polar surface area (TPSA) is 595 Å². The van der Waals surface area contributed by atoms with Crippen LogP contribution in [0.4, 0.5) is 22.7 Å². The molecule has 0 aromatic heterocycles. The predicted octanol–water partition coefficient (Wildman–Crippen LogP) is -1.20. The van der Waals surface area contributed by atoms with Crippen molar-refractivity contribution in [1.29, 1.82) is 21.6 Å². The van der Waals surface area contributed by atoms with Gasteiger partial charge in [0.15, 0.2) is 30.4 Å². The quantitative estimate of drug-likeness (QED) is 0.0143. The molecule has 0 fully saturated rings. The minimum atomic E-state index is -1.41. The van der Waals surface area contributed by atoms with Gasteiger partial charge in [-0.15, -0.1) is 0 Å². The van der Waals surface area contributed by atoms with Gasteiger partial charge in [-0.1, -0.05) is 0 Å². The molecule has 92 heavy (non-hydrogen) atoms. The SMILES string of the molecule is COc1ccc(NC(=O)[C@H](CCCNC(=N)N)NC(=O)c2cc(NC(=O)[C@H](CCCNC(=N)N)NC(=O)c3cc(NC(=O)[C@H](CCCNC(=N)N)NC(=O)c4cc(NC(=O)C(N)CCCNC(=N)N)ccc4OC)ccc3OC)ccc2OCC(=O)O)cc1C(N)=O. The number of primary amides is 1. The molecule has 28 N–H and O–H groups in total. The van der Waals surface area contributed by atoms with E-state index in [-0.39, 0.29) is 156 Å². The molecule has 0 spiro atoms. The summed E-state index contributed by atoms with van der Waals surface area (Å²) in [6, 6.07) is 10.9. The van der Waals surface area contributed by atoms with E-state index in [4.69, 9.17) is 75.0 Å². The second kappa shape index (κ2) is 36.6. The zero-order valence-corrected chi connectivity index (χ0v) is 50.6. The zero-order chi connectivity index (χ0) is 68.0. The van der Waals surface area contributed by atoms with E-state index in [2.05, 4.69) is 58.5 Å². The van der Waals surface area contributed by atoms with Gasteiger partial charge in [-0.2, -0.15) is 0 Å². The predicted molar refractivity (Wildman–Crippen MR) is 340 cm³/mol. The maximum Gasteiger partial charge on any atom is 0.341 e.